The summed E-state index contributed by atoms with van der Waals surface area (Å²) >= 11 is 0. The number of hydrogen-bond donors (Lipinski definition) is 0. The summed E-state index contributed by atoms with van der Waals surface area (Å²) in [5, 5.41) is 0. The Kier molecular flexibility index (Phi) is 4.22. The highest BCUT2D eigenvalue weighted by atomic mass is 16.5. The molecule has 2 atom stereocenters. The van der Waals surface area contributed by atoms with Crippen LogP contribution in [0.25, 0.3) is 0 Å². The zero-order valence-electron chi connectivity index (χ0n) is 12.6. The number of aromatic nitrogens is 2. The number of piperidine rings is 1. The predicted molar refractivity (Wildman–Crippen MR) is 78.0 cm³/mol. The largest absolute Gasteiger partial charge is 0.471 e. The van der Waals surface area contributed by atoms with E-state index in [2.05, 4.69) is 9.97 Å². The molecule has 0 unspecified atom stereocenters. The van der Waals surface area contributed by atoms with E-state index >= 15 is 0 Å². The summed E-state index contributed by atoms with van der Waals surface area (Å²) < 4.78 is 5.80. The second kappa shape index (κ2) is 6.29. The van der Waals surface area contributed by atoms with Crippen LogP contribution in [-0.4, -0.2) is 64.4 Å². The molecule has 0 aliphatic carbocycles. The van der Waals surface area contributed by atoms with E-state index in [9.17, 15) is 9.59 Å². The molecule has 2 aliphatic heterocycles. The zero-order valence-corrected chi connectivity index (χ0v) is 12.6. The van der Waals surface area contributed by atoms with Gasteiger partial charge in [0.25, 0.3) is 0 Å². The van der Waals surface area contributed by atoms with Crippen molar-refractivity contribution in [1.82, 2.24) is 19.8 Å². The fourth-order valence-corrected chi connectivity index (χ4v) is 3.04. The van der Waals surface area contributed by atoms with Crippen molar-refractivity contribution in [2.24, 2.45) is 5.92 Å². The molecule has 7 heteroatoms. The average molecular weight is 304 g/mol. The number of rotatable bonds is 3. The second-order valence-corrected chi connectivity index (χ2v) is 5.89. The van der Waals surface area contributed by atoms with E-state index in [1.54, 1.807) is 30.5 Å². The first-order chi connectivity index (χ1) is 10.6. The summed E-state index contributed by atoms with van der Waals surface area (Å²) in [6, 6.07) is 0. The van der Waals surface area contributed by atoms with Gasteiger partial charge in [0.2, 0.25) is 17.7 Å². The Hall–Kier alpha value is -2.18. The van der Waals surface area contributed by atoms with Gasteiger partial charge in [-0.1, -0.05) is 0 Å². The van der Waals surface area contributed by atoms with Crippen LogP contribution in [-0.2, 0) is 9.59 Å². The summed E-state index contributed by atoms with van der Waals surface area (Å²) in [7, 11) is 1.74. The summed E-state index contributed by atoms with van der Waals surface area (Å²) in [6.45, 7) is 1.79. The van der Waals surface area contributed by atoms with Crippen molar-refractivity contribution >= 4 is 11.8 Å². The van der Waals surface area contributed by atoms with Gasteiger partial charge in [-0.15, -0.1) is 0 Å². The smallest absolute Gasteiger partial charge is 0.232 e. The molecule has 0 saturated carbocycles. The summed E-state index contributed by atoms with van der Waals surface area (Å²) in [5.41, 5.74) is 0. The van der Waals surface area contributed by atoms with E-state index in [4.69, 9.17) is 4.74 Å². The van der Waals surface area contributed by atoms with Gasteiger partial charge in [-0.2, -0.15) is 0 Å². The molecule has 1 aromatic heterocycles. The Bertz CT molecular complexity index is 551. The highest BCUT2D eigenvalue weighted by molar-refractivity contribution is 5.89. The normalized spacial score (nSPS) is 25.4. The van der Waals surface area contributed by atoms with Crippen molar-refractivity contribution in [2.75, 3.05) is 26.7 Å². The molecule has 1 aromatic rings. The maximum atomic E-state index is 12.6. The minimum absolute atomic E-state index is 0.0442. The Balaban J connectivity index is 1.58. The first-order valence-corrected chi connectivity index (χ1v) is 7.59. The number of hydrogen-bond acceptors (Lipinski definition) is 5. The van der Waals surface area contributed by atoms with Crippen LogP contribution in [0.1, 0.15) is 19.3 Å². The van der Waals surface area contributed by atoms with E-state index in [-0.39, 0.29) is 23.8 Å². The van der Waals surface area contributed by atoms with E-state index in [1.165, 1.54) is 0 Å². The molecule has 2 saturated heterocycles. The molecule has 0 spiro atoms. The number of nitrogens with zero attached hydrogens (tertiary/aromatic N) is 4. The molecule has 118 valence electrons. The van der Waals surface area contributed by atoms with Gasteiger partial charge >= 0.3 is 0 Å². The van der Waals surface area contributed by atoms with Crippen LogP contribution in [0, 0.1) is 5.92 Å². The van der Waals surface area contributed by atoms with Crippen molar-refractivity contribution in [2.45, 2.75) is 25.4 Å². The van der Waals surface area contributed by atoms with Gasteiger partial charge in [0.1, 0.15) is 6.10 Å². The summed E-state index contributed by atoms with van der Waals surface area (Å²) in [6.07, 6.45) is 6.80. The van der Waals surface area contributed by atoms with Crippen LogP contribution in [0.2, 0.25) is 0 Å². The van der Waals surface area contributed by atoms with Gasteiger partial charge in [0.15, 0.2) is 0 Å². The number of carbonyl (C=O) groups excluding carboxylic acids is 2. The van der Waals surface area contributed by atoms with Crippen molar-refractivity contribution < 1.29 is 14.3 Å². The SMILES string of the molecule is CN1C[C@H](C(=O)N2CCC[C@H](Oc3cnccn3)C2)CC1=O. The number of ether oxygens (including phenoxy) is 1. The summed E-state index contributed by atoms with van der Waals surface area (Å²) in [5.74, 6) is 0.373. The van der Waals surface area contributed by atoms with Crippen molar-refractivity contribution in [1.29, 1.82) is 0 Å². The number of carbonyl (C=O) groups is 2. The third-order valence-corrected chi connectivity index (χ3v) is 4.21. The molecule has 22 heavy (non-hydrogen) atoms. The van der Waals surface area contributed by atoms with Gasteiger partial charge < -0.3 is 14.5 Å². The lowest BCUT2D eigenvalue weighted by atomic mass is 10.0. The van der Waals surface area contributed by atoms with E-state index in [0.717, 1.165) is 19.4 Å². The molecular formula is C15H20N4O3. The Morgan fingerprint density at radius 3 is 2.91 bits per heavy atom. The quantitative estimate of drug-likeness (QED) is 0.804. The maximum absolute atomic E-state index is 12.6. The van der Waals surface area contributed by atoms with Crippen LogP contribution < -0.4 is 4.74 Å². The lowest BCUT2D eigenvalue weighted by Crippen LogP contribution is -2.47. The van der Waals surface area contributed by atoms with Crippen molar-refractivity contribution in [3.05, 3.63) is 18.6 Å². The Morgan fingerprint density at radius 2 is 2.23 bits per heavy atom. The highest BCUT2D eigenvalue weighted by Crippen LogP contribution is 2.22. The van der Waals surface area contributed by atoms with Crippen LogP contribution in [0.15, 0.2) is 18.6 Å². The van der Waals surface area contributed by atoms with Crippen LogP contribution in [0.3, 0.4) is 0 Å². The first-order valence-electron chi connectivity index (χ1n) is 7.59. The molecule has 0 radical (unpaired) electrons. The standard InChI is InChI=1S/C15H20N4O3/c1-18-9-11(7-14(18)20)15(21)19-6-2-3-12(10-19)22-13-8-16-4-5-17-13/h4-5,8,11-12H,2-3,6-7,9-10H2,1H3/t11-,12+/m1/s1. The fraction of sp³-hybridized carbons (Fsp3) is 0.600. The molecule has 2 fully saturated rings. The van der Waals surface area contributed by atoms with Gasteiger partial charge in [0.05, 0.1) is 18.7 Å². The fourth-order valence-electron chi connectivity index (χ4n) is 3.04. The third-order valence-electron chi connectivity index (χ3n) is 4.21. The Labute approximate surface area is 129 Å². The zero-order chi connectivity index (χ0) is 15.5. The minimum Gasteiger partial charge on any atom is -0.471 e. The predicted octanol–water partition coefficient (Wildman–Crippen LogP) is 0.325. The van der Waals surface area contributed by atoms with Gasteiger partial charge in [-0.05, 0) is 12.8 Å². The first kappa shape index (κ1) is 14.7. The summed E-state index contributed by atoms with van der Waals surface area (Å²) in [4.78, 5) is 35.7. The van der Waals surface area contributed by atoms with Crippen LogP contribution in [0.4, 0.5) is 0 Å². The molecular weight excluding hydrogens is 284 g/mol. The lowest BCUT2D eigenvalue weighted by molar-refractivity contribution is -0.138. The lowest BCUT2D eigenvalue weighted by Gasteiger charge is -2.33. The monoisotopic (exact) mass is 304 g/mol. The van der Waals surface area contributed by atoms with Crippen LogP contribution >= 0.6 is 0 Å². The molecule has 0 bridgehead atoms. The third kappa shape index (κ3) is 3.18. The second-order valence-electron chi connectivity index (χ2n) is 5.89. The van der Waals surface area contributed by atoms with Crippen molar-refractivity contribution in [3.8, 4) is 5.88 Å². The molecule has 2 amide bonds. The van der Waals surface area contributed by atoms with Gasteiger partial charge in [0, 0.05) is 39.0 Å². The highest BCUT2D eigenvalue weighted by Gasteiger charge is 2.36. The topological polar surface area (TPSA) is 75.6 Å². The molecule has 0 N–H and O–H groups in total. The van der Waals surface area contributed by atoms with E-state index in [0.29, 0.717) is 25.4 Å². The molecule has 7 nitrogen and oxygen atoms in total. The van der Waals surface area contributed by atoms with E-state index in [1.807, 2.05) is 4.90 Å². The van der Waals surface area contributed by atoms with Crippen LogP contribution in [0.5, 0.6) is 5.88 Å². The van der Waals surface area contributed by atoms with Crippen molar-refractivity contribution in [3.63, 3.8) is 0 Å². The molecule has 0 aromatic carbocycles. The molecule has 3 rings (SSSR count). The average Bonchev–Trinajstić information content (AvgIpc) is 2.87. The van der Waals surface area contributed by atoms with Gasteiger partial charge in [-0.25, -0.2) is 4.98 Å². The van der Waals surface area contributed by atoms with Gasteiger partial charge in [-0.3, -0.25) is 14.6 Å². The molecule has 3 heterocycles. The number of likely N-dealkylation sites (tertiary alicyclic amines) is 2. The Morgan fingerprint density at radius 1 is 1.36 bits per heavy atom. The number of amides is 2. The maximum Gasteiger partial charge on any atom is 0.232 e. The van der Waals surface area contributed by atoms with E-state index < -0.39 is 0 Å². The molecule has 2 aliphatic rings. The minimum atomic E-state index is -0.215.